The molecule has 8 nitrogen and oxygen atoms in total. The fourth-order valence-corrected chi connectivity index (χ4v) is 4.82. The van der Waals surface area contributed by atoms with Crippen molar-refractivity contribution in [2.24, 2.45) is 0 Å². The minimum Gasteiger partial charge on any atom is -0.502 e. The number of aromatic amines is 1. The molecular weight excluding hydrogens is 468 g/mol. The summed E-state index contributed by atoms with van der Waals surface area (Å²) in [5, 5.41) is 20.0. The van der Waals surface area contributed by atoms with Crippen molar-refractivity contribution in [2.75, 3.05) is 45.9 Å². The highest BCUT2D eigenvalue weighted by molar-refractivity contribution is 5.44. The molecule has 1 aromatic heterocycles. The molecule has 3 aromatic rings. The van der Waals surface area contributed by atoms with Gasteiger partial charge in [0.25, 0.3) is 5.56 Å². The van der Waals surface area contributed by atoms with Crippen LogP contribution in [0.5, 0.6) is 5.75 Å². The van der Waals surface area contributed by atoms with Gasteiger partial charge >= 0.3 is 0 Å². The summed E-state index contributed by atoms with van der Waals surface area (Å²) in [6, 6.07) is 16.4. The van der Waals surface area contributed by atoms with E-state index < -0.39 is 5.56 Å². The smallest absolute Gasteiger partial charge is 0.293 e. The predicted molar refractivity (Wildman–Crippen MR) is 140 cm³/mol. The number of aliphatic hydroxyl groups excluding tert-OH is 1. The second-order valence-corrected chi connectivity index (χ2v) is 9.77. The van der Waals surface area contributed by atoms with Crippen LogP contribution in [0.1, 0.15) is 33.9 Å². The van der Waals surface area contributed by atoms with E-state index in [4.69, 9.17) is 4.74 Å². The lowest BCUT2D eigenvalue weighted by atomic mass is 9.93. The largest absolute Gasteiger partial charge is 0.502 e. The van der Waals surface area contributed by atoms with Gasteiger partial charge < -0.3 is 19.9 Å². The van der Waals surface area contributed by atoms with Crippen molar-refractivity contribution in [3.05, 3.63) is 93.2 Å². The van der Waals surface area contributed by atoms with Crippen molar-refractivity contribution in [3.8, 4) is 17.6 Å². The fraction of sp³-hybridized carbons (Fsp3) is 0.379. The lowest BCUT2D eigenvalue weighted by Gasteiger charge is -2.38. The van der Waals surface area contributed by atoms with Crippen molar-refractivity contribution >= 4 is 0 Å². The van der Waals surface area contributed by atoms with Crippen LogP contribution >= 0.6 is 0 Å². The molecule has 2 saturated heterocycles. The molecule has 192 valence electrons. The van der Waals surface area contributed by atoms with Crippen LogP contribution in [0, 0.1) is 11.8 Å². The monoisotopic (exact) mass is 500 g/mol. The van der Waals surface area contributed by atoms with Gasteiger partial charge in [0.2, 0.25) is 5.75 Å². The third-order valence-electron chi connectivity index (χ3n) is 6.91. The summed E-state index contributed by atoms with van der Waals surface area (Å²) in [6.45, 7) is 6.26. The van der Waals surface area contributed by atoms with E-state index in [0.29, 0.717) is 31.7 Å². The highest BCUT2D eigenvalue weighted by Gasteiger charge is 2.29. The number of nitrogens with one attached hydrogen (secondary N) is 1. The van der Waals surface area contributed by atoms with Crippen LogP contribution in [0.25, 0.3) is 0 Å². The number of morpholine rings is 1. The first kappa shape index (κ1) is 25.2. The Labute approximate surface area is 216 Å². The molecule has 3 heterocycles. The summed E-state index contributed by atoms with van der Waals surface area (Å²) in [4.78, 5) is 23.1. The molecule has 0 radical (unpaired) electrons. The number of β-amino-alcohol motifs (C(OH)–C–C–N with tert-alkyl or cyclic N) is 1. The molecule has 1 unspecified atom stereocenters. The minimum absolute atomic E-state index is 0.178. The zero-order valence-corrected chi connectivity index (χ0v) is 20.8. The second kappa shape index (κ2) is 11.7. The van der Waals surface area contributed by atoms with Crippen molar-refractivity contribution in [1.82, 2.24) is 19.8 Å². The lowest BCUT2D eigenvalue weighted by Crippen LogP contribution is -2.52. The summed E-state index contributed by atoms with van der Waals surface area (Å²) in [7, 11) is 0. The van der Waals surface area contributed by atoms with Crippen molar-refractivity contribution < 1.29 is 14.9 Å². The Hall–Kier alpha value is -3.48. The summed E-state index contributed by atoms with van der Waals surface area (Å²) in [6.07, 6.45) is 1.61. The first-order valence-electron chi connectivity index (χ1n) is 12.7. The number of aromatic hydroxyl groups is 1. The van der Waals surface area contributed by atoms with E-state index in [2.05, 4.69) is 55.9 Å². The van der Waals surface area contributed by atoms with Crippen LogP contribution < -0.4 is 5.56 Å². The van der Waals surface area contributed by atoms with Crippen LogP contribution in [0.2, 0.25) is 0 Å². The molecule has 0 spiro atoms. The Morgan fingerprint density at radius 2 is 1.59 bits per heavy atom. The quantitative estimate of drug-likeness (QED) is 0.425. The fourth-order valence-electron chi connectivity index (χ4n) is 4.82. The molecule has 0 amide bonds. The van der Waals surface area contributed by atoms with Gasteiger partial charge in [-0.25, -0.2) is 4.98 Å². The average Bonchev–Trinajstić information content (AvgIpc) is 2.90. The third-order valence-corrected chi connectivity index (χ3v) is 6.91. The van der Waals surface area contributed by atoms with Gasteiger partial charge in [-0.05, 0) is 41.8 Å². The van der Waals surface area contributed by atoms with Gasteiger partial charge in [0.1, 0.15) is 0 Å². The van der Waals surface area contributed by atoms with Crippen LogP contribution in [0.4, 0.5) is 0 Å². The number of likely N-dealkylation sites (tertiary alicyclic amines) is 1. The molecule has 0 saturated carbocycles. The molecular formula is C29H32N4O4. The van der Waals surface area contributed by atoms with E-state index >= 15 is 0 Å². The predicted octanol–water partition coefficient (Wildman–Crippen LogP) is 1.71. The highest BCUT2D eigenvalue weighted by atomic mass is 16.5. The number of benzene rings is 2. The van der Waals surface area contributed by atoms with E-state index in [1.807, 2.05) is 24.3 Å². The van der Waals surface area contributed by atoms with Crippen LogP contribution in [0.3, 0.4) is 0 Å². The molecule has 5 rings (SSSR count). The van der Waals surface area contributed by atoms with Crippen LogP contribution in [-0.4, -0.2) is 82.0 Å². The van der Waals surface area contributed by atoms with Crippen molar-refractivity contribution in [3.63, 3.8) is 0 Å². The summed E-state index contributed by atoms with van der Waals surface area (Å²) in [5.41, 5.74) is 4.07. The molecule has 37 heavy (non-hydrogen) atoms. The molecule has 0 bridgehead atoms. The van der Waals surface area contributed by atoms with E-state index in [-0.39, 0.29) is 17.8 Å². The van der Waals surface area contributed by atoms with E-state index in [1.54, 1.807) is 0 Å². The molecule has 3 N–H and O–H groups in total. The Morgan fingerprint density at radius 3 is 2.22 bits per heavy atom. The van der Waals surface area contributed by atoms with Gasteiger partial charge in [-0.1, -0.05) is 36.1 Å². The van der Waals surface area contributed by atoms with Crippen molar-refractivity contribution in [2.45, 2.75) is 25.0 Å². The van der Waals surface area contributed by atoms with Crippen LogP contribution in [-0.2, 0) is 17.7 Å². The maximum absolute atomic E-state index is 11.9. The average molecular weight is 501 g/mol. The Kier molecular flexibility index (Phi) is 7.97. The molecule has 2 fully saturated rings. The molecule has 1 atom stereocenters. The normalized spacial score (nSPS) is 17.5. The number of ether oxygens (including phenoxy) is 1. The Balaban J connectivity index is 1.23. The summed E-state index contributed by atoms with van der Waals surface area (Å²) < 4.78 is 5.42. The van der Waals surface area contributed by atoms with Gasteiger partial charge in [-0.3, -0.25) is 14.6 Å². The number of nitrogens with zero attached hydrogens (tertiary/aromatic N) is 3. The van der Waals surface area contributed by atoms with Gasteiger partial charge in [0.15, 0.2) is 0 Å². The molecule has 2 aromatic carbocycles. The summed E-state index contributed by atoms with van der Waals surface area (Å²) in [5.74, 6) is 5.96. The van der Waals surface area contributed by atoms with E-state index in [1.165, 1.54) is 11.9 Å². The Morgan fingerprint density at radius 1 is 0.973 bits per heavy atom. The number of aromatic nitrogens is 2. The minimum atomic E-state index is -0.543. The first-order chi connectivity index (χ1) is 18.0. The van der Waals surface area contributed by atoms with Gasteiger partial charge in [0, 0.05) is 56.3 Å². The molecule has 0 aliphatic carbocycles. The SMILES string of the molecule is O=c1[nH]cnc(C(Cc2ccc(C#Cc3ccc(CN4CCOCC4)cc3)cc2)CN2CC(O)C2)c1O. The number of H-pyrrole nitrogens is 1. The van der Waals surface area contributed by atoms with Gasteiger partial charge in [-0.2, -0.15) is 0 Å². The number of rotatable bonds is 7. The molecule has 2 aliphatic rings. The van der Waals surface area contributed by atoms with Gasteiger partial charge in [0.05, 0.1) is 31.3 Å². The van der Waals surface area contributed by atoms with Gasteiger partial charge in [-0.15, -0.1) is 0 Å². The lowest BCUT2D eigenvalue weighted by molar-refractivity contribution is -0.00153. The highest BCUT2D eigenvalue weighted by Crippen LogP contribution is 2.27. The van der Waals surface area contributed by atoms with E-state index in [0.717, 1.165) is 49.5 Å². The first-order valence-corrected chi connectivity index (χ1v) is 12.7. The van der Waals surface area contributed by atoms with Crippen LogP contribution in [0.15, 0.2) is 59.7 Å². The van der Waals surface area contributed by atoms with E-state index in [9.17, 15) is 15.0 Å². The summed E-state index contributed by atoms with van der Waals surface area (Å²) >= 11 is 0. The Bertz CT molecular complexity index is 1300. The zero-order valence-electron chi connectivity index (χ0n) is 20.8. The molecule has 8 heteroatoms. The second-order valence-electron chi connectivity index (χ2n) is 9.77. The number of aliphatic hydroxyl groups is 1. The number of hydrogen-bond donors (Lipinski definition) is 3. The zero-order chi connectivity index (χ0) is 25.6. The molecule has 2 aliphatic heterocycles. The number of hydrogen-bond acceptors (Lipinski definition) is 7. The van der Waals surface area contributed by atoms with Crippen molar-refractivity contribution in [1.29, 1.82) is 0 Å². The standard InChI is InChI=1S/C29H32N4O4/c34-26-18-33(19-26)17-25(27-28(35)29(36)31-20-30-27)15-23-7-3-21(4-8-23)1-2-22-5-9-24(10-6-22)16-32-11-13-37-14-12-32/h3-10,20,25-26,34-35H,11-19H2,(H,30,31,36). The topological polar surface area (TPSA) is 102 Å². The maximum Gasteiger partial charge on any atom is 0.293 e. The maximum atomic E-state index is 11.9. The third kappa shape index (κ3) is 6.64.